The molecule has 1 saturated carbocycles. The Morgan fingerprint density at radius 2 is 1.79 bits per heavy atom. The van der Waals surface area contributed by atoms with Crippen molar-refractivity contribution in [3.8, 4) is 5.75 Å². The Balaban J connectivity index is 1.54. The van der Waals surface area contributed by atoms with E-state index in [2.05, 4.69) is 34.2 Å². The minimum absolute atomic E-state index is 0.139. The Labute approximate surface area is 145 Å². The van der Waals surface area contributed by atoms with Crippen molar-refractivity contribution in [2.75, 3.05) is 46.4 Å². The first-order valence-corrected chi connectivity index (χ1v) is 9.07. The lowest BCUT2D eigenvalue weighted by atomic mass is 10.0. The van der Waals surface area contributed by atoms with E-state index < -0.39 is 0 Å². The third-order valence-corrected chi connectivity index (χ3v) is 5.16. The highest BCUT2D eigenvalue weighted by Gasteiger charge is 2.33. The normalized spacial score (nSPS) is 20.6. The molecule has 24 heavy (non-hydrogen) atoms. The molecule has 1 aromatic rings. The summed E-state index contributed by atoms with van der Waals surface area (Å²) in [7, 11) is 1.67. The van der Waals surface area contributed by atoms with Crippen molar-refractivity contribution in [3.63, 3.8) is 0 Å². The molecular weight excluding hydrogens is 302 g/mol. The number of piperazine rings is 1. The van der Waals surface area contributed by atoms with E-state index in [1.165, 1.54) is 18.4 Å². The molecule has 1 atom stereocenters. The molecule has 0 spiro atoms. The Bertz CT molecular complexity index is 534. The molecule has 1 aliphatic carbocycles. The number of amides is 1. The van der Waals surface area contributed by atoms with Crippen LogP contribution < -0.4 is 10.1 Å². The fourth-order valence-electron chi connectivity index (χ4n) is 3.40. The summed E-state index contributed by atoms with van der Waals surface area (Å²) in [6.45, 7) is 7.90. The standard InChI is InChI=1S/C19H29N3O2/c1-3-21-10-12-22(13-11-21)14-18(23)20-19(15-4-5-15)16-6-8-17(24-2)9-7-16/h6-9,15,19H,3-5,10-14H2,1-2H3,(H,20,23). The fraction of sp³-hybridized carbons (Fsp3) is 0.632. The minimum atomic E-state index is 0.139. The maximum Gasteiger partial charge on any atom is 0.234 e. The van der Waals surface area contributed by atoms with Gasteiger partial charge in [-0.15, -0.1) is 0 Å². The van der Waals surface area contributed by atoms with Gasteiger partial charge in [-0.3, -0.25) is 9.69 Å². The van der Waals surface area contributed by atoms with Crippen molar-refractivity contribution >= 4 is 5.91 Å². The van der Waals surface area contributed by atoms with Crippen molar-refractivity contribution in [1.82, 2.24) is 15.1 Å². The van der Waals surface area contributed by atoms with E-state index in [-0.39, 0.29) is 11.9 Å². The number of likely N-dealkylation sites (N-methyl/N-ethyl adjacent to an activating group) is 1. The second-order valence-corrected chi connectivity index (χ2v) is 6.87. The van der Waals surface area contributed by atoms with Crippen LogP contribution in [0.4, 0.5) is 0 Å². The van der Waals surface area contributed by atoms with Crippen molar-refractivity contribution in [3.05, 3.63) is 29.8 Å². The Hall–Kier alpha value is -1.59. The number of nitrogens with one attached hydrogen (secondary N) is 1. The van der Waals surface area contributed by atoms with Gasteiger partial charge in [-0.05, 0) is 43.0 Å². The number of rotatable bonds is 7. The van der Waals surface area contributed by atoms with Gasteiger partial charge in [-0.1, -0.05) is 19.1 Å². The van der Waals surface area contributed by atoms with E-state index in [9.17, 15) is 4.79 Å². The topological polar surface area (TPSA) is 44.8 Å². The molecule has 3 rings (SSSR count). The molecule has 1 aromatic carbocycles. The van der Waals surface area contributed by atoms with Crippen LogP contribution in [-0.2, 0) is 4.79 Å². The van der Waals surface area contributed by atoms with Crippen molar-refractivity contribution < 1.29 is 9.53 Å². The Kier molecular flexibility index (Phi) is 5.74. The number of carbonyl (C=O) groups is 1. The molecule has 1 unspecified atom stereocenters. The summed E-state index contributed by atoms with van der Waals surface area (Å²) >= 11 is 0. The summed E-state index contributed by atoms with van der Waals surface area (Å²) in [5, 5.41) is 3.27. The summed E-state index contributed by atoms with van der Waals surface area (Å²) in [4.78, 5) is 17.2. The van der Waals surface area contributed by atoms with Gasteiger partial charge in [0.1, 0.15) is 5.75 Å². The number of carbonyl (C=O) groups excluding carboxylic acids is 1. The number of hydrogen-bond donors (Lipinski definition) is 1. The summed E-state index contributed by atoms with van der Waals surface area (Å²) in [6, 6.07) is 8.23. The highest BCUT2D eigenvalue weighted by molar-refractivity contribution is 5.78. The molecule has 2 fully saturated rings. The molecule has 1 aliphatic heterocycles. The molecule has 0 bridgehead atoms. The van der Waals surface area contributed by atoms with Gasteiger partial charge in [-0.2, -0.15) is 0 Å². The molecule has 1 saturated heterocycles. The molecule has 2 aliphatic rings. The first kappa shape index (κ1) is 17.2. The smallest absolute Gasteiger partial charge is 0.234 e. The summed E-state index contributed by atoms with van der Waals surface area (Å²) in [6.07, 6.45) is 2.40. The molecule has 1 N–H and O–H groups in total. The van der Waals surface area contributed by atoms with Gasteiger partial charge in [0, 0.05) is 26.2 Å². The molecular formula is C19H29N3O2. The molecule has 0 aromatic heterocycles. The van der Waals surface area contributed by atoms with Crippen LogP contribution >= 0.6 is 0 Å². The second kappa shape index (κ2) is 7.99. The largest absolute Gasteiger partial charge is 0.497 e. The van der Waals surface area contributed by atoms with Gasteiger partial charge >= 0.3 is 0 Å². The second-order valence-electron chi connectivity index (χ2n) is 6.87. The summed E-state index contributed by atoms with van der Waals surface area (Å²) in [5.74, 6) is 1.58. The van der Waals surface area contributed by atoms with E-state index >= 15 is 0 Å². The van der Waals surface area contributed by atoms with Crippen molar-refractivity contribution in [1.29, 1.82) is 0 Å². The van der Waals surface area contributed by atoms with E-state index in [4.69, 9.17) is 4.74 Å². The van der Waals surface area contributed by atoms with Crippen LogP contribution in [0.1, 0.15) is 31.4 Å². The van der Waals surface area contributed by atoms with Gasteiger partial charge < -0.3 is 15.0 Å². The lowest BCUT2D eigenvalue weighted by Crippen LogP contribution is -2.49. The molecule has 0 radical (unpaired) electrons. The molecule has 5 nitrogen and oxygen atoms in total. The molecule has 5 heteroatoms. The van der Waals surface area contributed by atoms with Crippen LogP contribution in [0.3, 0.4) is 0 Å². The van der Waals surface area contributed by atoms with Crippen LogP contribution in [-0.4, -0.2) is 62.1 Å². The van der Waals surface area contributed by atoms with Gasteiger partial charge in [-0.25, -0.2) is 0 Å². The zero-order chi connectivity index (χ0) is 16.9. The number of ether oxygens (including phenoxy) is 1. The average molecular weight is 331 g/mol. The monoisotopic (exact) mass is 331 g/mol. The van der Waals surface area contributed by atoms with Crippen LogP contribution in [0.25, 0.3) is 0 Å². The predicted octanol–water partition coefficient (Wildman–Crippen LogP) is 1.90. The number of benzene rings is 1. The maximum atomic E-state index is 12.5. The Morgan fingerprint density at radius 1 is 1.17 bits per heavy atom. The van der Waals surface area contributed by atoms with Crippen LogP contribution in [0.2, 0.25) is 0 Å². The lowest BCUT2D eigenvalue weighted by Gasteiger charge is -2.33. The SMILES string of the molecule is CCN1CCN(CC(=O)NC(c2ccc(OC)cc2)C2CC2)CC1. The van der Waals surface area contributed by atoms with Gasteiger partial charge in [0.2, 0.25) is 5.91 Å². The highest BCUT2D eigenvalue weighted by atomic mass is 16.5. The molecule has 1 amide bonds. The van der Waals surface area contributed by atoms with Gasteiger partial charge in [0.05, 0.1) is 19.7 Å². The predicted molar refractivity (Wildman–Crippen MR) is 95.2 cm³/mol. The zero-order valence-corrected chi connectivity index (χ0v) is 14.8. The van der Waals surface area contributed by atoms with Crippen molar-refractivity contribution in [2.45, 2.75) is 25.8 Å². The summed E-state index contributed by atoms with van der Waals surface area (Å²) in [5.41, 5.74) is 1.18. The van der Waals surface area contributed by atoms with Gasteiger partial charge in [0.25, 0.3) is 0 Å². The fourth-order valence-corrected chi connectivity index (χ4v) is 3.40. The van der Waals surface area contributed by atoms with E-state index in [1.807, 2.05) is 12.1 Å². The number of nitrogens with zero attached hydrogens (tertiary/aromatic N) is 2. The van der Waals surface area contributed by atoms with E-state index in [0.717, 1.165) is 38.5 Å². The lowest BCUT2D eigenvalue weighted by molar-refractivity contribution is -0.123. The average Bonchev–Trinajstić information content (AvgIpc) is 3.45. The molecule has 1 heterocycles. The van der Waals surface area contributed by atoms with Crippen LogP contribution in [0.5, 0.6) is 5.75 Å². The highest BCUT2D eigenvalue weighted by Crippen LogP contribution is 2.41. The maximum absolute atomic E-state index is 12.5. The van der Waals surface area contributed by atoms with Crippen LogP contribution in [0, 0.1) is 5.92 Å². The van der Waals surface area contributed by atoms with Crippen LogP contribution in [0.15, 0.2) is 24.3 Å². The quantitative estimate of drug-likeness (QED) is 0.829. The third-order valence-electron chi connectivity index (χ3n) is 5.16. The van der Waals surface area contributed by atoms with Gasteiger partial charge in [0.15, 0.2) is 0 Å². The van der Waals surface area contributed by atoms with E-state index in [0.29, 0.717) is 12.5 Å². The number of methoxy groups -OCH3 is 1. The number of hydrogen-bond acceptors (Lipinski definition) is 4. The third kappa shape index (κ3) is 4.48. The van der Waals surface area contributed by atoms with Crippen molar-refractivity contribution in [2.24, 2.45) is 5.92 Å². The first-order valence-electron chi connectivity index (χ1n) is 9.07. The van der Waals surface area contributed by atoms with E-state index in [1.54, 1.807) is 7.11 Å². The first-order chi connectivity index (χ1) is 11.7. The minimum Gasteiger partial charge on any atom is -0.497 e. The Morgan fingerprint density at radius 3 is 2.33 bits per heavy atom. The summed E-state index contributed by atoms with van der Waals surface area (Å²) < 4.78 is 5.23. The molecule has 132 valence electrons. The zero-order valence-electron chi connectivity index (χ0n) is 14.8.